The summed E-state index contributed by atoms with van der Waals surface area (Å²) in [5.74, 6) is -1.04. The summed E-state index contributed by atoms with van der Waals surface area (Å²) in [6, 6.07) is 0. The molecule has 0 saturated carbocycles. The van der Waals surface area contributed by atoms with E-state index in [9.17, 15) is 19.2 Å². The van der Waals surface area contributed by atoms with Gasteiger partial charge < -0.3 is 67.5 Å². The lowest BCUT2D eigenvalue weighted by atomic mass is 10.3. The van der Waals surface area contributed by atoms with E-state index in [1.807, 2.05) is 0 Å². The van der Waals surface area contributed by atoms with Crippen LogP contribution in [0.4, 0.5) is 0 Å². The maximum atomic E-state index is 11.8. The van der Waals surface area contributed by atoms with Crippen LogP contribution in [0.3, 0.4) is 0 Å². The summed E-state index contributed by atoms with van der Waals surface area (Å²) in [5, 5.41) is 5.53. The molecule has 0 atom stereocenters. The molecular formula is C38H69N3O16. The molecule has 0 aromatic heterocycles. The highest BCUT2D eigenvalue weighted by Gasteiger charge is 2.23. The number of carbonyl (C=O) groups excluding carboxylic acids is 4. The first-order valence-electron chi connectivity index (χ1n) is 20.0. The number of nitrogens with zero attached hydrogens (tertiary/aromatic N) is 1. The van der Waals surface area contributed by atoms with E-state index in [1.165, 1.54) is 12.2 Å². The second-order valence-electron chi connectivity index (χ2n) is 12.1. The monoisotopic (exact) mass is 823 g/mol. The Balaban J connectivity index is 1.64. The van der Waals surface area contributed by atoms with Crippen molar-refractivity contribution in [2.45, 2.75) is 32.6 Å². The Morgan fingerprint density at radius 3 is 1.04 bits per heavy atom. The largest absolute Gasteiger partial charge is 0.379 e. The molecule has 0 aliphatic carbocycles. The lowest BCUT2D eigenvalue weighted by Gasteiger charge is -2.13. The van der Waals surface area contributed by atoms with Crippen LogP contribution < -0.4 is 10.6 Å². The number of nitrogens with one attached hydrogen (secondary N) is 2. The molecule has 57 heavy (non-hydrogen) atoms. The Kier molecular flexibility index (Phi) is 38.1. The van der Waals surface area contributed by atoms with Crippen LogP contribution in [0.5, 0.6) is 0 Å². The molecule has 19 nitrogen and oxygen atoms in total. The molecule has 0 aromatic rings. The topological polar surface area (TPSA) is 206 Å². The Morgan fingerprint density at radius 1 is 0.421 bits per heavy atom. The number of unbranched alkanes of at least 4 members (excludes halogenated alkanes) is 1. The van der Waals surface area contributed by atoms with Crippen LogP contribution in [0.1, 0.15) is 32.6 Å². The molecule has 0 fully saturated rings. The zero-order valence-electron chi connectivity index (χ0n) is 34.1. The Morgan fingerprint density at radius 2 is 0.702 bits per heavy atom. The van der Waals surface area contributed by atoms with Gasteiger partial charge in [-0.3, -0.25) is 24.1 Å². The summed E-state index contributed by atoms with van der Waals surface area (Å²) >= 11 is 0. The number of ether oxygens (including phenoxy) is 12. The van der Waals surface area contributed by atoms with Crippen LogP contribution >= 0.6 is 0 Å². The first-order valence-corrected chi connectivity index (χ1v) is 20.0. The quantitative estimate of drug-likeness (QED) is 0.0609. The molecule has 0 spiro atoms. The zero-order valence-corrected chi connectivity index (χ0v) is 34.1. The highest BCUT2D eigenvalue weighted by molar-refractivity contribution is 6.13. The minimum absolute atomic E-state index is 0.0196. The number of hydrogen-bond acceptors (Lipinski definition) is 16. The summed E-state index contributed by atoms with van der Waals surface area (Å²) in [6.45, 7) is 14.1. The third-order valence-corrected chi connectivity index (χ3v) is 7.45. The second kappa shape index (κ2) is 41.5. The van der Waals surface area contributed by atoms with Crippen molar-refractivity contribution in [3.63, 3.8) is 0 Å². The molecule has 1 rings (SSSR count). The van der Waals surface area contributed by atoms with Crippen LogP contribution in [0, 0.1) is 0 Å². The predicted octanol–water partition coefficient (Wildman–Crippen LogP) is -0.0767. The molecule has 0 radical (unpaired) electrons. The van der Waals surface area contributed by atoms with Gasteiger partial charge in [0.25, 0.3) is 11.8 Å². The normalized spacial score (nSPS) is 12.6. The number of imide groups is 1. The second-order valence-corrected chi connectivity index (χ2v) is 12.1. The van der Waals surface area contributed by atoms with Gasteiger partial charge in [0, 0.05) is 44.6 Å². The van der Waals surface area contributed by atoms with Gasteiger partial charge in [-0.25, -0.2) is 0 Å². The fourth-order valence-corrected chi connectivity index (χ4v) is 4.39. The zero-order chi connectivity index (χ0) is 41.1. The molecule has 0 saturated heterocycles. The van der Waals surface area contributed by atoms with Crippen molar-refractivity contribution < 1.29 is 76.0 Å². The van der Waals surface area contributed by atoms with Crippen molar-refractivity contribution in [1.29, 1.82) is 0 Å². The summed E-state index contributed by atoms with van der Waals surface area (Å²) in [6.07, 6.45) is 4.85. The van der Waals surface area contributed by atoms with E-state index < -0.39 is 11.8 Å². The van der Waals surface area contributed by atoms with Crippen LogP contribution in [0.15, 0.2) is 12.2 Å². The molecule has 1 aliphatic heterocycles. The van der Waals surface area contributed by atoms with Gasteiger partial charge in [0.05, 0.1) is 159 Å². The van der Waals surface area contributed by atoms with E-state index in [2.05, 4.69) is 17.6 Å². The molecular weight excluding hydrogens is 754 g/mol. The van der Waals surface area contributed by atoms with Gasteiger partial charge in [-0.05, 0) is 6.42 Å². The van der Waals surface area contributed by atoms with Gasteiger partial charge in [-0.2, -0.15) is 0 Å². The number of rotatable bonds is 45. The van der Waals surface area contributed by atoms with Crippen LogP contribution in [-0.2, 0) is 76.0 Å². The molecule has 0 unspecified atom stereocenters. The highest BCUT2D eigenvalue weighted by atomic mass is 16.6. The maximum absolute atomic E-state index is 11.8. The minimum Gasteiger partial charge on any atom is -0.379 e. The SMILES string of the molecule is CCCCNC(=O)CCOCCOCCOCCOCCOCCOCCOCCOCCOCCOCCOCCOCCNC(=O)CCN1C(=O)C=CC1=O. The first kappa shape index (κ1) is 52.4. The Bertz CT molecular complexity index is 991. The van der Waals surface area contributed by atoms with E-state index in [4.69, 9.17) is 56.8 Å². The molecule has 4 amide bonds. The van der Waals surface area contributed by atoms with E-state index in [0.29, 0.717) is 172 Å². The van der Waals surface area contributed by atoms with Gasteiger partial charge in [-0.15, -0.1) is 0 Å². The first-order chi connectivity index (χ1) is 28.0. The van der Waals surface area contributed by atoms with Crippen molar-refractivity contribution in [2.75, 3.05) is 178 Å². The molecule has 332 valence electrons. The van der Waals surface area contributed by atoms with Crippen molar-refractivity contribution in [3.8, 4) is 0 Å². The van der Waals surface area contributed by atoms with Crippen LogP contribution in [0.2, 0.25) is 0 Å². The molecule has 0 aromatic carbocycles. The number of hydrogen-bond donors (Lipinski definition) is 2. The van der Waals surface area contributed by atoms with Crippen LogP contribution in [0.25, 0.3) is 0 Å². The average Bonchev–Trinajstić information content (AvgIpc) is 3.53. The standard InChI is InChI=1S/C38H69N3O16/c1-2-3-8-39-36(43)7-11-46-13-15-48-17-19-50-21-23-52-25-27-54-29-31-56-33-34-57-32-30-55-28-26-53-24-22-51-20-18-49-16-14-47-12-9-40-35(42)6-10-41-37(44)4-5-38(41)45/h4-5H,2-3,6-34H2,1H3,(H,39,43)(H,40,42). The number of amides is 4. The summed E-state index contributed by atoms with van der Waals surface area (Å²) in [5.41, 5.74) is 0. The van der Waals surface area contributed by atoms with Crippen LogP contribution in [-0.4, -0.2) is 207 Å². The third kappa shape index (κ3) is 36.2. The lowest BCUT2D eigenvalue weighted by Crippen LogP contribution is -2.35. The van der Waals surface area contributed by atoms with Gasteiger partial charge in [0.2, 0.25) is 11.8 Å². The molecule has 1 heterocycles. The number of carbonyl (C=O) groups is 4. The Labute approximate surface area is 337 Å². The van der Waals surface area contributed by atoms with E-state index in [1.54, 1.807) is 0 Å². The lowest BCUT2D eigenvalue weighted by molar-refractivity contribution is -0.137. The maximum Gasteiger partial charge on any atom is 0.253 e. The smallest absolute Gasteiger partial charge is 0.253 e. The molecule has 2 N–H and O–H groups in total. The highest BCUT2D eigenvalue weighted by Crippen LogP contribution is 2.04. The van der Waals surface area contributed by atoms with Crippen molar-refractivity contribution in [3.05, 3.63) is 12.2 Å². The van der Waals surface area contributed by atoms with Gasteiger partial charge in [-0.1, -0.05) is 13.3 Å². The predicted molar refractivity (Wildman–Crippen MR) is 206 cm³/mol. The average molecular weight is 824 g/mol. The van der Waals surface area contributed by atoms with Gasteiger partial charge in [0.15, 0.2) is 0 Å². The van der Waals surface area contributed by atoms with E-state index in [-0.39, 0.29) is 24.8 Å². The van der Waals surface area contributed by atoms with Crippen molar-refractivity contribution in [1.82, 2.24) is 15.5 Å². The summed E-state index contributed by atoms with van der Waals surface area (Å²) in [4.78, 5) is 47.3. The van der Waals surface area contributed by atoms with Gasteiger partial charge >= 0.3 is 0 Å². The fourth-order valence-electron chi connectivity index (χ4n) is 4.39. The minimum atomic E-state index is -0.399. The van der Waals surface area contributed by atoms with Crippen molar-refractivity contribution in [2.24, 2.45) is 0 Å². The van der Waals surface area contributed by atoms with E-state index >= 15 is 0 Å². The molecule has 1 aliphatic rings. The van der Waals surface area contributed by atoms with Crippen molar-refractivity contribution >= 4 is 23.6 Å². The Hall–Kier alpha value is -2.66. The summed E-state index contributed by atoms with van der Waals surface area (Å²) < 4.78 is 65.5. The summed E-state index contributed by atoms with van der Waals surface area (Å²) in [7, 11) is 0. The molecule has 0 bridgehead atoms. The van der Waals surface area contributed by atoms with Gasteiger partial charge in [0.1, 0.15) is 0 Å². The molecule has 19 heteroatoms. The fraction of sp³-hybridized carbons (Fsp3) is 0.842. The third-order valence-electron chi connectivity index (χ3n) is 7.45. The van der Waals surface area contributed by atoms with E-state index in [0.717, 1.165) is 24.3 Å².